The summed E-state index contributed by atoms with van der Waals surface area (Å²) in [6.45, 7) is 2.30. The average molecular weight is 350 g/mol. The van der Waals surface area contributed by atoms with Crippen molar-refractivity contribution in [2.24, 2.45) is 0 Å². The van der Waals surface area contributed by atoms with E-state index in [2.05, 4.69) is 14.9 Å². The van der Waals surface area contributed by atoms with Gasteiger partial charge in [0, 0.05) is 57.3 Å². The van der Waals surface area contributed by atoms with Crippen molar-refractivity contribution < 1.29 is 13.9 Å². The van der Waals surface area contributed by atoms with Gasteiger partial charge >= 0.3 is 0 Å². The van der Waals surface area contributed by atoms with Crippen molar-refractivity contribution in [3.05, 3.63) is 24.3 Å². The lowest BCUT2D eigenvalue weighted by Crippen LogP contribution is -2.42. The molecule has 6 nitrogen and oxygen atoms in total. The Labute approximate surface area is 148 Å². The lowest BCUT2D eigenvalue weighted by molar-refractivity contribution is -0.134. The summed E-state index contributed by atoms with van der Waals surface area (Å²) in [5.41, 5.74) is 0.964. The van der Waals surface area contributed by atoms with Gasteiger partial charge in [0.1, 0.15) is 12.5 Å². The number of halogens is 1. The number of ether oxygens (including phenoxy) is 1. The van der Waals surface area contributed by atoms with Gasteiger partial charge in [0.2, 0.25) is 5.91 Å². The van der Waals surface area contributed by atoms with Gasteiger partial charge in [-0.25, -0.2) is 14.4 Å². The normalized spacial score (nSPS) is 27.4. The average Bonchev–Trinajstić information content (AvgIpc) is 2.95. The first-order valence-corrected chi connectivity index (χ1v) is 9.09. The van der Waals surface area contributed by atoms with Crippen molar-refractivity contribution in [3.63, 3.8) is 0 Å². The number of hydrogen-bond acceptors (Lipinski definition) is 5. The van der Waals surface area contributed by atoms with Crippen molar-refractivity contribution in [1.82, 2.24) is 19.8 Å². The van der Waals surface area contributed by atoms with E-state index in [0.717, 1.165) is 31.4 Å². The minimum Gasteiger partial charge on any atom is -0.378 e. The molecule has 1 aromatic heterocycles. The molecule has 1 aromatic rings. The van der Waals surface area contributed by atoms with Crippen LogP contribution in [-0.4, -0.2) is 70.7 Å². The fourth-order valence-electron chi connectivity index (χ4n) is 3.69. The molecule has 138 valence electrons. The maximum absolute atomic E-state index is 14.0. The summed E-state index contributed by atoms with van der Waals surface area (Å²) < 4.78 is 19.6. The molecule has 2 saturated heterocycles. The van der Waals surface area contributed by atoms with Crippen LogP contribution in [0.4, 0.5) is 4.39 Å². The lowest BCUT2D eigenvalue weighted by atomic mass is 10.1. The molecule has 0 saturated carbocycles. The highest BCUT2D eigenvalue weighted by molar-refractivity contribution is 5.76. The van der Waals surface area contributed by atoms with Crippen LogP contribution in [0.3, 0.4) is 0 Å². The molecule has 3 rings (SSSR count). The molecule has 2 aliphatic heterocycles. The molecule has 2 fully saturated rings. The standard InChI is InChI=1S/C18H27FN4O2/c1-22(18(24)7-17-4-2-3-5-25-17)12-16-6-15(19)11-23(16)10-14-8-20-13-21-9-14/h8-9,13,15-17H,2-7,10-12H2,1H3/t15-,16-,17-/m0/s1. The second-order valence-electron chi connectivity index (χ2n) is 7.13. The summed E-state index contributed by atoms with van der Waals surface area (Å²) in [5.74, 6) is 0.0807. The number of rotatable bonds is 6. The first-order chi connectivity index (χ1) is 12.1. The second-order valence-corrected chi connectivity index (χ2v) is 7.13. The van der Waals surface area contributed by atoms with Crippen LogP contribution in [0.15, 0.2) is 18.7 Å². The highest BCUT2D eigenvalue weighted by atomic mass is 19.1. The zero-order valence-corrected chi connectivity index (χ0v) is 14.8. The number of alkyl halides is 1. The summed E-state index contributed by atoms with van der Waals surface area (Å²) in [6.07, 6.45) is 8.24. The van der Waals surface area contributed by atoms with Crippen molar-refractivity contribution in [2.75, 3.05) is 26.7 Å². The number of likely N-dealkylation sites (tertiary alicyclic amines) is 1. The van der Waals surface area contributed by atoms with Crippen LogP contribution in [0.25, 0.3) is 0 Å². The van der Waals surface area contributed by atoms with Gasteiger partial charge in [0.15, 0.2) is 0 Å². The quantitative estimate of drug-likeness (QED) is 0.783. The summed E-state index contributed by atoms with van der Waals surface area (Å²) >= 11 is 0. The van der Waals surface area contributed by atoms with Gasteiger partial charge in [0.25, 0.3) is 0 Å². The molecule has 2 aliphatic rings. The predicted octanol–water partition coefficient (Wildman–Crippen LogP) is 1.81. The number of nitrogens with zero attached hydrogens (tertiary/aromatic N) is 4. The fraction of sp³-hybridized carbons (Fsp3) is 0.722. The Balaban J connectivity index is 1.52. The summed E-state index contributed by atoms with van der Waals surface area (Å²) in [6, 6.07) is 0.0245. The first kappa shape index (κ1) is 18.2. The molecule has 0 aromatic carbocycles. The smallest absolute Gasteiger partial charge is 0.224 e. The van der Waals surface area contributed by atoms with Crippen molar-refractivity contribution in [3.8, 4) is 0 Å². The van der Waals surface area contributed by atoms with E-state index in [1.807, 2.05) is 0 Å². The number of amides is 1. The van der Waals surface area contributed by atoms with Gasteiger partial charge in [-0.15, -0.1) is 0 Å². The molecule has 0 aliphatic carbocycles. The maximum atomic E-state index is 14.0. The SMILES string of the molecule is CN(C[C@@H]1C[C@H](F)CN1Cc1cncnc1)C(=O)C[C@@H]1CCCCO1. The number of hydrogen-bond donors (Lipinski definition) is 0. The number of likely N-dealkylation sites (N-methyl/N-ethyl adjacent to an activating group) is 1. The molecule has 0 spiro atoms. The zero-order chi connectivity index (χ0) is 17.6. The van der Waals surface area contributed by atoms with E-state index in [4.69, 9.17) is 4.74 Å². The Morgan fingerprint density at radius 2 is 2.20 bits per heavy atom. The van der Waals surface area contributed by atoms with Crippen LogP contribution in [0.5, 0.6) is 0 Å². The van der Waals surface area contributed by atoms with Gasteiger partial charge in [-0.2, -0.15) is 0 Å². The van der Waals surface area contributed by atoms with E-state index in [9.17, 15) is 9.18 Å². The molecular weight excluding hydrogens is 323 g/mol. The molecule has 3 atom stereocenters. The van der Waals surface area contributed by atoms with Crippen LogP contribution in [0, 0.1) is 0 Å². The summed E-state index contributed by atoms with van der Waals surface area (Å²) in [5, 5.41) is 0. The third-order valence-electron chi connectivity index (χ3n) is 5.06. The topological polar surface area (TPSA) is 58.6 Å². The van der Waals surface area contributed by atoms with Gasteiger partial charge in [-0.3, -0.25) is 9.69 Å². The molecule has 7 heteroatoms. The Hall–Kier alpha value is -1.60. The minimum atomic E-state index is -0.847. The van der Waals surface area contributed by atoms with E-state index in [1.54, 1.807) is 24.3 Å². The highest BCUT2D eigenvalue weighted by Gasteiger charge is 2.33. The zero-order valence-electron chi connectivity index (χ0n) is 14.8. The molecule has 0 bridgehead atoms. The lowest BCUT2D eigenvalue weighted by Gasteiger charge is -2.30. The van der Waals surface area contributed by atoms with Gasteiger partial charge in [-0.1, -0.05) is 0 Å². The number of carbonyl (C=O) groups is 1. The highest BCUT2D eigenvalue weighted by Crippen LogP contribution is 2.24. The van der Waals surface area contributed by atoms with E-state index in [1.165, 1.54) is 6.33 Å². The minimum absolute atomic E-state index is 0.0245. The molecule has 1 amide bonds. The predicted molar refractivity (Wildman–Crippen MR) is 91.6 cm³/mol. The first-order valence-electron chi connectivity index (χ1n) is 9.09. The van der Waals surface area contributed by atoms with Crippen LogP contribution < -0.4 is 0 Å². The van der Waals surface area contributed by atoms with Crippen molar-refractivity contribution >= 4 is 5.91 Å². The van der Waals surface area contributed by atoms with Crippen LogP contribution in [0.2, 0.25) is 0 Å². The Morgan fingerprint density at radius 1 is 1.40 bits per heavy atom. The molecule has 25 heavy (non-hydrogen) atoms. The largest absolute Gasteiger partial charge is 0.378 e. The van der Waals surface area contributed by atoms with Crippen LogP contribution >= 0.6 is 0 Å². The molecule has 0 unspecified atom stereocenters. The number of carbonyl (C=O) groups excluding carboxylic acids is 1. The Bertz CT molecular complexity index is 553. The van der Waals surface area contributed by atoms with E-state index in [0.29, 0.717) is 32.5 Å². The van der Waals surface area contributed by atoms with Crippen molar-refractivity contribution in [1.29, 1.82) is 0 Å². The second kappa shape index (κ2) is 8.67. The van der Waals surface area contributed by atoms with E-state index < -0.39 is 6.17 Å². The fourth-order valence-corrected chi connectivity index (χ4v) is 3.69. The summed E-state index contributed by atoms with van der Waals surface area (Å²) in [7, 11) is 1.81. The molecule has 0 radical (unpaired) electrons. The van der Waals surface area contributed by atoms with Crippen molar-refractivity contribution in [2.45, 2.75) is 57.0 Å². The Kier molecular flexibility index (Phi) is 6.31. The third kappa shape index (κ3) is 5.19. The molecule has 0 N–H and O–H groups in total. The maximum Gasteiger partial charge on any atom is 0.224 e. The molecular formula is C18H27FN4O2. The van der Waals surface area contributed by atoms with E-state index >= 15 is 0 Å². The summed E-state index contributed by atoms with van der Waals surface area (Å²) in [4.78, 5) is 24.3. The van der Waals surface area contributed by atoms with Crippen LogP contribution in [-0.2, 0) is 16.1 Å². The monoisotopic (exact) mass is 350 g/mol. The van der Waals surface area contributed by atoms with E-state index in [-0.39, 0.29) is 18.1 Å². The molecule has 3 heterocycles. The van der Waals surface area contributed by atoms with Crippen LogP contribution in [0.1, 0.15) is 37.7 Å². The third-order valence-corrected chi connectivity index (χ3v) is 5.06. The number of aromatic nitrogens is 2. The van der Waals surface area contributed by atoms with Gasteiger partial charge in [0.05, 0.1) is 12.5 Å². The van der Waals surface area contributed by atoms with Gasteiger partial charge < -0.3 is 9.64 Å². The Morgan fingerprint density at radius 3 is 2.92 bits per heavy atom. The van der Waals surface area contributed by atoms with Gasteiger partial charge in [-0.05, 0) is 25.7 Å².